The summed E-state index contributed by atoms with van der Waals surface area (Å²) in [5.74, 6) is 0.810. The highest BCUT2D eigenvalue weighted by Gasteiger charge is 2.30. The van der Waals surface area contributed by atoms with Gasteiger partial charge in [-0.25, -0.2) is 0 Å². The first-order valence-corrected chi connectivity index (χ1v) is 8.06. The lowest BCUT2D eigenvalue weighted by Gasteiger charge is -2.33. The first kappa shape index (κ1) is 16.2. The molecule has 7 heteroatoms. The van der Waals surface area contributed by atoms with Crippen LogP contribution in [0.1, 0.15) is 12.8 Å². The highest BCUT2D eigenvalue weighted by Crippen LogP contribution is 2.27. The number of nitro groups is 1. The van der Waals surface area contributed by atoms with Crippen LogP contribution in [-0.2, 0) is 9.47 Å². The smallest absolute Gasteiger partial charge is 0.310 e. The van der Waals surface area contributed by atoms with Gasteiger partial charge in [0.1, 0.15) is 6.61 Å². The van der Waals surface area contributed by atoms with Crippen LogP contribution in [0.15, 0.2) is 24.3 Å². The molecule has 2 fully saturated rings. The average Bonchev–Trinajstić information content (AvgIpc) is 3.10. The van der Waals surface area contributed by atoms with Gasteiger partial charge in [-0.1, -0.05) is 12.1 Å². The van der Waals surface area contributed by atoms with Gasteiger partial charge in [-0.2, -0.15) is 0 Å². The van der Waals surface area contributed by atoms with Crippen molar-refractivity contribution in [2.45, 2.75) is 19.1 Å². The lowest BCUT2D eigenvalue weighted by atomic mass is 9.96. The fourth-order valence-corrected chi connectivity index (χ4v) is 3.11. The van der Waals surface area contributed by atoms with Gasteiger partial charge in [-0.15, -0.1) is 0 Å². The van der Waals surface area contributed by atoms with Crippen LogP contribution in [-0.4, -0.2) is 55.6 Å². The predicted octanol–water partition coefficient (Wildman–Crippen LogP) is 2.06. The average molecular weight is 322 g/mol. The Bertz CT molecular complexity index is 525. The van der Waals surface area contributed by atoms with Crippen molar-refractivity contribution in [1.29, 1.82) is 0 Å². The Hall–Kier alpha value is -1.70. The summed E-state index contributed by atoms with van der Waals surface area (Å²) in [6.07, 6.45) is 2.08. The molecule has 2 aliphatic heterocycles. The molecule has 0 aliphatic carbocycles. The van der Waals surface area contributed by atoms with E-state index < -0.39 is 4.92 Å². The molecule has 3 rings (SSSR count). The second-order valence-corrected chi connectivity index (χ2v) is 5.86. The largest absolute Gasteiger partial charge is 0.485 e. The van der Waals surface area contributed by atoms with Gasteiger partial charge in [-0.3, -0.25) is 15.0 Å². The fourth-order valence-electron chi connectivity index (χ4n) is 3.11. The van der Waals surface area contributed by atoms with Gasteiger partial charge in [0.15, 0.2) is 12.0 Å². The van der Waals surface area contributed by atoms with Crippen molar-refractivity contribution in [2.24, 2.45) is 5.92 Å². The van der Waals surface area contributed by atoms with Crippen LogP contribution in [0, 0.1) is 16.0 Å². The Balaban J connectivity index is 1.41. The molecule has 0 radical (unpaired) electrons. The molecular weight excluding hydrogens is 300 g/mol. The maximum Gasteiger partial charge on any atom is 0.310 e. The van der Waals surface area contributed by atoms with E-state index in [-0.39, 0.29) is 12.0 Å². The van der Waals surface area contributed by atoms with Gasteiger partial charge in [-0.05, 0) is 32.0 Å². The first-order valence-electron chi connectivity index (χ1n) is 8.06. The summed E-state index contributed by atoms with van der Waals surface area (Å²) in [5, 5.41) is 10.9. The first-order chi connectivity index (χ1) is 11.2. The second-order valence-electron chi connectivity index (χ2n) is 5.86. The summed E-state index contributed by atoms with van der Waals surface area (Å²) in [5.41, 5.74) is 0.0155. The third kappa shape index (κ3) is 4.19. The number of likely N-dealkylation sites (tertiary alicyclic amines) is 1. The van der Waals surface area contributed by atoms with Crippen molar-refractivity contribution in [3.8, 4) is 5.75 Å². The van der Waals surface area contributed by atoms with Crippen molar-refractivity contribution in [2.75, 3.05) is 39.5 Å². The molecule has 2 saturated heterocycles. The quantitative estimate of drug-likeness (QED) is 0.589. The zero-order valence-electron chi connectivity index (χ0n) is 13.1. The van der Waals surface area contributed by atoms with Crippen LogP contribution in [0.5, 0.6) is 5.75 Å². The maximum absolute atomic E-state index is 10.9. The number of hydrogen-bond acceptors (Lipinski definition) is 6. The minimum absolute atomic E-state index is 0.0155. The third-order valence-corrected chi connectivity index (χ3v) is 4.39. The van der Waals surface area contributed by atoms with Crippen LogP contribution in [0.3, 0.4) is 0 Å². The molecule has 0 N–H and O–H groups in total. The minimum Gasteiger partial charge on any atom is -0.485 e. The van der Waals surface area contributed by atoms with E-state index in [9.17, 15) is 10.1 Å². The molecule has 0 saturated carbocycles. The Morgan fingerprint density at radius 1 is 1.22 bits per heavy atom. The predicted molar refractivity (Wildman–Crippen MR) is 83.4 cm³/mol. The van der Waals surface area contributed by atoms with E-state index in [1.54, 1.807) is 18.2 Å². The number of nitrogens with zero attached hydrogens (tertiary/aromatic N) is 2. The molecule has 1 aromatic rings. The summed E-state index contributed by atoms with van der Waals surface area (Å²) < 4.78 is 16.7. The van der Waals surface area contributed by atoms with E-state index in [0.29, 0.717) is 31.5 Å². The topological polar surface area (TPSA) is 74.1 Å². The number of piperidine rings is 1. The molecule has 2 aliphatic rings. The molecule has 0 amide bonds. The molecule has 0 unspecified atom stereocenters. The number of hydrogen-bond donors (Lipinski definition) is 0. The van der Waals surface area contributed by atoms with Gasteiger partial charge >= 0.3 is 5.69 Å². The van der Waals surface area contributed by atoms with E-state index in [0.717, 1.165) is 32.5 Å². The number of ether oxygens (including phenoxy) is 3. The van der Waals surface area contributed by atoms with Crippen molar-refractivity contribution < 1.29 is 19.1 Å². The van der Waals surface area contributed by atoms with E-state index in [1.165, 1.54) is 6.07 Å². The minimum atomic E-state index is -0.414. The van der Waals surface area contributed by atoms with E-state index in [2.05, 4.69) is 4.90 Å². The monoisotopic (exact) mass is 322 g/mol. The maximum atomic E-state index is 10.9. The molecule has 0 aromatic heterocycles. The lowest BCUT2D eigenvalue weighted by molar-refractivity contribution is -0.385. The van der Waals surface area contributed by atoms with Crippen LogP contribution in [0.25, 0.3) is 0 Å². The summed E-state index contributed by atoms with van der Waals surface area (Å²) in [6, 6.07) is 6.49. The highest BCUT2D eigenvalue weighted by atomic mass is 16.7. The van der Waals surface area contributed by atoms with Crippen molar-refractivity contribution in [3.63, 3.8) is 0 Å². The van der Waals surface area contributed by atoms with Crippen LogP contribution >= 0.6 is 0 Å². The summed E-state index contributed by atoms with van der Waals surface area (Å²) in [4.78, 5) is 12.8. The molecular formula is C16H22N2O5. The Labute approximate surface area is 135 Å². The highest BCUT2D eigenvalue weighted by molar-refractivity contribution is 5.45. The number of benzene rings is 1. The van der Waals surface area contributed by atoms with Gasteiger partial charge < -0.3 is 14.2 Å². The van der Waals surface area contributed by atoms with Gasteiger partial charge in [0, 0.05) is 18.5 Å². The number of rotatable bonds is 6. The molecule has 1 aromatic carbocycles. The van der Waals surface area contributed by atoms with Gasteiger partial charge in [0.25, 0.3) is 0 Å². The van der Waals surface area contributed by atoms with Gasteiger partial charge in [0.2, 0.25) is 0 Å². The number of nitro benzene ring substituents is 1. The number of para-hydroxylation sites is 2. The Morgan fingerprint density at radius 3 is 2.61 bits per heavy atom. The van der Waals surface area contributed by atoms with Crippen molar-refractivity contribution in [3.05, 3.63) is 34.4 Å². The molecule has 0 atom stereocenters. The molecule has 7 nitrogen and oxygen atoms in total. The lowest BCUT2D eigenvalue weighted by Crippen LogP contribution is -2.39. The summed E-state index contributed by atoms with van der Waals surface area (Å²) in [6.45, 7) is 4.59. The zero-order chi connectivity index (χ0) is 16.1. The Kier molecular flexibility index (Phi) is 5.43. The molecule has 2 heterocycles. The summed E-state index contributed by atoms with van der Waals surface area (Å²) in [7, 11) is 0. The van der Waals surface area contributed by atoms with Crippen LogP contribution in [0.4, 0.5) is 5.69 Å². The zero-order valence-corrected chi connectivity index (χ0v) is 13.1. The molecule has 0 spiro atoms. The molecule has 23 heavy (non-hydrogen) atoms. The SMILES string of the molecule is O=[N+]([O-])c1ccccc1OCCN1CCC(C2OCCO2)CC1. The second kappa shape index (κ2) is 7.72. The van der Waals surface area contributed by atoms with E-state index >= 15 is 0 Å². The normalized spacial score (nSPS) is 20.7. The van der Waals surface area contributed by atoms with Crippen LogP contribution < -0.4 is 4.74 Å². The standard InChI is InChI=1S/C16H22N2O5/c19-18(20)14-3-1-2-4-15(14)21-10-9-17-7-5-13(6-8-17)16-22-11-12-23-16/h1-4,13,16H,5-12H2. The van der Waals surface area contributed by atoms with E-state index in [1.807, 2.05) is 0 Å². The van der Waals surface area contributed by atoms with Crippen LogP contribution in [0.2, 0.25) is 0 Å². The van der Waals surface area contributed by atoms with E-state index in [4.69, 9.17) is 14.2 Å². The molecule has 126 valence electrons. The van der Waals surface area contributed by atoms with Crippen molar-refractivity contribution in [1.82, 2.24) is 4.90 Å². The molecule has 0 bridgehead atoms. The third-order valence-electron chi connectivity index (χ3n) is 4.39. The van der Waals surface area contributed by atoms with Crippen molar-refractivity contribution >= 4 is 5.69 Å². The Morgan fingerprint density at radius 2 is 1.91 bits per heavy atom. The summed E-state index contributed by atoms with van der Waals surface area (Å²) >= 11 is 0. The van der Waals surface area contributed by atoms with Gasteiger partial charge in [0.05, 0.1) is 18.1 Å². The fraction of sp³-hybridized carbons (Fsp3) is 0.625.